The normalized spacial score (nSPS) is 17.0. The van der Waals surface area contributed by atoms with Crippen molar-refractivity contribution in [3.8, 4) is 0 Å². The first kappa shape index (κ1) is 19.0. The van der Waals surface area contributed by atoms with Gasteiger partial charge in [-0.05, 0) is 36.2 Å². The molecule has 1 fully saturated rings. The molecule has 1 unspecified atom stereocenters. The molecular weight excluding hydrogens is 390 g/mol. The van der Waals surface area contributed by atoms with Gasteiger partial charge in [-0.1, -0.05) is 43.0 Å². The van der Waals surface area contributed by atoms with Gasteiger partial charge >= 0.3 is 0 Å². The molecule has 2 amide bonds. The number of thiazole rings is 1. The fraction of sp³-hybridized carbons (Fsp3) is 0.286. The van der Waals surface area contributed by atoms with Crippen LogP contribution >= 0.6 is 23.1 Å². The molecule has 1 saturated heterocycles. The number of piperazine rings is 1. The second kappa shape index (κ2) is 8.32. The number of nitrogens with zero attached hydrogens (tertiary/aromatic N) is 2. The van der Waals surface area contributed by atoms with E-state index >= 15 is 0 Å². The molecule has 2 heterocycles. The number of aromatic nitrogens is 1. The molecule has 0 radical (unpaired) electrons. The van der Waals surface area contributed by atoms with Gasteiger partial charge < -0.3 is 10.2 Å². The van der Waals surface area contributed by atoms with Crippen LogP contribution < -0.4 is 5.32 Å². The van der Waals surface area contributed by atoms with E-state index in [1.807, 2.05) is 49.4 Å². The average Bonchev–Trinajstić information content (AvgIpc) is 3.15. The number of fused-ring (bicyclic) bond motifs is 1. The van der Waals surface area contributed by atoms with Gasteiger partial charge in [0.15, 0.2) is 4.34 Å². The lowest BCUT2D eigenvalue weighted by Gasteiger charge is -2.34. The highest BCUT2D eigenvalue weighted by Gasteiger charge is 2.31. The van der Waals surface area contributed by atoms with E-state index in [0.29, 0.717) is 25.1 Å². The predicted molar refractivity (Wildman–Crippen MR) is 114 cm³/mol. The molecular formula is C21H21N3O2S2. The molecule has 5 nitrogen and oxygen atoms in total. The van der Waals surface area contributed by atoms with Gasteiger partial charge in [-0.25, -0.2) is 4.98 Å². The van der Waals surface area contributed by atoms with E-state index < -0.39 is 0 Å². The maximum atomic E-state index is 12.8. The van der Waals surface area contributed by atoms with Crippen LogP contribution in [0.25, 0.3) is 10.2 Å². The molecule has 1 aromatic heterocycles. The van der Waals surface area contributed by atoms with Gasteiger partial charge in [0.05, 0.1) is 10.2 Å². The van der Waals surface area contributed by atoms with Crippen molar-refractivity contribution in [3.63, 3.8) is 0 Å². The molecule has 3 aromatic rings. The van der Waals surface area contributed by atoms with Crippen molar-refractivity contribution in [1.82, 2.24) is 15.2 Å². The van der Waals surface area contributed by atoms with Crippen molar-refractivity contribution >= 4 is 45.1 Å². The largest absolute Gasteiger partial charge is 0.353 e. The van der Waals surface area contributed by atoms with Gasteiger partial charge in [0.25, 0.3) is 5.91 Å². The lowest BCUT2D eigenvalue weighted by molar-refractivity contribution is -0.127. The number of hydrogen-bond acceptors (Lipinski definition) is 5. The van der Waals surface area contributed by atoms with E-state index in [2.05, 4.69) is 16.4 Å². The molecule has 2 aromatic carbocycles. The van der Waals surface area contributed by atoms with E-state index in [-0.39, 0.29) is 17.9 Å². The first-order valence-corrected chi connectivity index (χ1v) is 11.1. The Morgan fingerprint density at radius 1 is 1.25 bits per heavy atom. The minimum atomic E-state index is -0.379. The smallest absolute Gasteiger partial charge is 0.254 e. The zero-order valence-corrected chi connectivity index (χ0v) is 17.2. The topological polar surface area (TPSA) is 62.3 Å². The van der Waals surface area contributed by atoms with Crippen LogP contribution in [-0.2, 0) is 10.5 Å². The molecule has 1 N–H and O–H groups in total. The van der Waals surface area contributed by atoms with Crippen LogP contribution in [0.5, 0.6) is 0 Å². The summed E-state index contributed by atoms with van der Waals surface area (Å²) in [5.41, 5.74) is 2.80. The summed E-state index contributed by atoms with van der Waals surface area (Å²) in [6, 6.07) is 15.4. The van der Waals surface area contributed by atoms with Crippen molar-refractivity contribution in [2.75, 3.05) is 13.1 Å². The third-order valence-corrected chi connectivity index (χ3v) is 7.07. The second-order valence-corrected chi connectivity index (χ2v) is 8.90. The SMILES string of the molecule is CCC1C(=O)NCCN1C(=O)c1ccc(CSc2nc3ccccc3s2)cc1. The van der Waals surface area contributed by atoms with Crippen LogP contribution in [0.3, 0.4) is 0 Å². The molecule has 0 aliphatic carbocycles. The highest BCUT2D eigenvalue weighted by Crippen LogP contribution is 2.31. The fourth-order valence-electron chi connectivity index (χ4n) is 3.33. The Morgan fingerprint density at radius 3 is 2.79 bits per heavy atom. The molecule has 0 saturated carbocycles. The third kappa shape index (κ3) is 3.91. The van der Waals surface area contributed by atoms with E-state index in [4.69, 9.17) is 0 Å². The van der Waals surface area contributed by atoms with Gasteiger partial charge in [-0.3, -0.25) is 9.59 Å². The second-order valence-electron chi connectivity index (χ2n) is 6.65. The maximum Gasteiger partial charge on any atom is 0.254 e. The number of amides is 2. The zero-order chi connectivity index (χ0) is 19.5. The lowest BCUT2D eigenvalue weighted by atomic mass is 10.1. The molecule has 4 rings (SSSR count). The standard InChI is InChI=1S/C21H21N3O2S2/c1-2-17-19(25)22-11-12-24(17)20(26)15-9-7-14(8-10-15)13-27-21-23-16-5-3-4-6-18(16)28-21/h3-10,17H,2,11-13H2,1H3,(H,22,25). The Labute approximate surface area is 172 Å². The Bertz CT molecular complexity index is 967. The highest BCUT2D eigenvalue weighted by molar-refractivity contribution is 8.00. The van der Waals surface area contributed by atoms with Crippen LogP contribution in [0.2, 0.25) is 0 Å². The van der Waals surface area contributed by atoms with Crippen molar-refractivity contribution in [2.45, 2.75) is 29.5 Å². The molecule has 1 aliphatic rings. The molecule has 0 spiro atoms. The van der Waals surface area contributed by atoms with Gasteiger partial charge in [0, 0.05) is 24.4 Å². The van der Waals surface area contributed by atoms with Crippen molar-refractivity contribution in [1.29, 1.82) is 0 Å². The summed E-state index contributed by atoms with van der Waals surface area (Å²) in [7, 11) is 0. The summed E-state index contributed by atoms with van der Waals surface area (Å²) < 4.78 is 2.24. The minimum Gasteiger partial charge on any atom is -0.353 e. The predicted octanol–water partition coefficient (Wildman–Crippen LogP) is 3.94. The number of hydrogen-bond donors (Lipinski definition) is 1. The number of carbonyl (C=O) groups is 2. The average molecular weight is 412 g/mol. The summed E-state index contributed by atoms with van der Waals surface area (Å²) in [5.74, 6) is 0.663. The van der Waals surface area contributed by atoms with Gasteiger partial charge in [-0.2, -0.15) is 0 Å². The Kier molecular flexibility index (Phi) is 5.64. The van der Waals surface area contributed by atoms with Crippen LogP contribution in [0, 0.1) is 0 Å². The van der Waals surface area contributed by atoms with Crippen molar-refractivity contribution in [3.05, 3.63) is 59.7 Å². The number of para-hydroxylation sites is 1. The highest BCUT2D eigenvalue weighted by atomic mass is 32.2. The maximum absolute atomic E-state index is 12.8. The summed E-state index contributed by atoms with van der Waals surface area (Å²) >= 11 is 3.40. The van der Waals surface area contributed by atoms with Gasteiger partial charge in [-0.15, -0.1) is 11.3 Å². The summed E-state index contributed by atoms with van der Waals surface area (Å²) in [4.78, 5) is 31.2. The lowest BCUT2D eigenvalue weighted by Crippen LogP contribution is -2.56. The van der Waals surface area contributed by atoms with Crippen LogP contribution in [0.1, 0.15) is 29.3 Å². The van der Waals surface area contributed by atoms with E-state index in [1.54, 1.807) is 28.0 Å². The van der Waals surface area contributed by atoms with Gasteiger partial charge in [0.2, 0.25) is 5.91 Å². The van der Waals surface area contributed by atoms with Crippen LogP contribution in [-0.4, -0.2) is 40.8 Å². The number of rotatable bonds is 5. The van der Waals surface area contributed by atoms with Crippen LogP contribution in [0.4, 0.5) is 0 Å². The van der Waals surface area contributed by atoms with Crippen LogP contribution in [0.15, 0.2) is 52.9 Å². The van der Waals surface area contributed by atoms with Crippen molar-refractivity contribution < 1.29 is 9.59 Å². The molecule has 144 valence electrons. The first-order chi connectivity index (χ1) is 13.7. The van der Waals surface area contributed by atoms with E-state index in [1.165, 1.54) is 4.70 Å². The Morgan fingerprint density at radius 2 is 2.04 bits per heavy atom. The fourth-order valence-corrected chi connectivity index (χ4v) is 5.36. The first-order valence-electron chi connectivity index (χ1n) is 9.31. The summed E-state index contributed by atoms with van der Waals surface area (Å²) in [5, 5.41) is 2.83. The number of thioether (sulfide) groups is 1. The van der Waals surface area contributed by atoms with E-state index in [0.717, 1.165) is 21.2 Å². The van der Waals surface area contributed by atoms with Gasteiger partial charge in [0.1, 0.15) is 6.04 Å². The number of carbonyl (C=O) groups excluding carboxylic acids is 2. The number of nitrogens with one attached hydrogen (secondary N) is 1. The molecule has 0 bridgehead atoms. The quantitative estimate of drug-likeness (QED) is 0.646. The Balaban J connectivity index is 1.41. The summed E-state index contributed by atoms with van der Waals surface area (Å²) in [6.45, 7) is 2.99. The third-order valence-electron chi connectivity index (χ3n) is 4.82. The molecule has 1 aliphatic heterocycles. The van der Waals surface area contributed by atoms with E-state index in [9.17, 15) is 9.59 Å². The summed E-state index contributed by atoms with van der Waals surface area (Å²) in [6.07, 6.45) is 0.620. The monoisotopic (exact) mass is 411 g/mol. The Hall–Kier alpha value is -2.38. The molecule has 28 heavy (non-hydrogen) atoms. The molecule has 7 heteroatoms. The zero-order valence-electron chi connectivity index (χ0n) is 15.6. The number of benzene rings is 2. The van der Waals surface area contributed by atoms with Crippen molar-refractivity contribution in [2.24, 2.45) is 0 Å². The molecule has 1 atom stereocenters. The minimum absolute atomic E-state index is 0.0639.